The van der Waals surface area contributed by atoms with E-state index in [4.69, 9.17) is 21.4 Å². The molecule has 112 valence electrons. The van der Waals surface area contributed by atoms with Crippen LogP contribution in [0.3, 0.4) is 0 Å². The fourth-order valence-corrected chi connectivity index (χ4v) is 1.99. The molecule has 1 unspecified atom stereocenters. The van der Waals surface area contributed by atoms with E-state index < -0.39 is 0 Å². The molecule has 1 aromatic carbocycles. The van der Waals surface area contributed by atoms with E-state index in [2.05, 4.69) is 10.3 Å². The molecule has 1 atom stereocenters. The molecule has 21 heavy (non-hydrogen) atoms. The number of aliphatic hydroxyl groups excluding tert-OH is 1. The number of fused-ring (bicyclic) bond motifs is 1. The first-order valence-electron chi connectivity index (χ1n) is 6.65. The van der Waals surface area contributed by atoms with Gasteiger partial charge in [-0.05, 0) is 30.2 Å². The zero-order chi connectivity index (χ0) is 15.2. The molecule has 1 heterocycles. The molecule has 1 amide bonds. The van der Waals surface area contributed by atoms with Crippen LogP contribution in [0.5, 0.6) is 5.75 Å². The minimum atomic E-state index is -0.241. The van der Waals surface area contributed by atoms with Crippen LogP contribution in [0.25, 0.3) is 10.9 Å². The highest BCUT2D eigenvalue weighted by molar-refractivity contribution is 6.35. The highest BCUT2D eigenvalue weighted by atomic mass is 35.5. The van der Waals surface area contributed by atoms with Gasteiger partial charge in [0.15, 0.2) is 6.61 Å². The van der Waals surface area contributed by atoms with E-state index in [9.17, 15) is 4.79 Å². The summed E-state index contributed by atoms with van der Waals surface area (Å²) < 4.78 is 5.51. The number of benzene rings is 1. The van der Waals surface area contributed by atoms with Crippen molar-refractivity contribution in [1.82, 2.24) is 10.3 Å². The molecule has 2 rings (SSSR count). The van der Waals surface area contributed by atoms with E-state index in [1.54, 1.807) is 24.4 Å². The topological polar surface area (TPSA) is 71.5 Å². The summed E-state index contributed by atoms with van der Waals surface area (Å²) in [4.78, 5) is 15.9. The van der Waals surface area contributed by atoms with Crippen LogP contribution < -0.4 is 10.1 Å². The number of ether oxygens (including phenoxy) is 1. The Bertz CT molecular complexity index is 633. The average Bonchev–Trinajstić information content (AvgIpc) is 2.52. The molecule has 6 heteroatoms. The number of rotatable bonds is 6. The Hall–Kier alpha value is -1.85. The molecule has 0 aliphatic rings. The molecule has 0 bridgehead atoms. The van der Waals surface area contributed by atoms with Gasteiger partial charge in [-0.25, -0.2) is 0 Å². The molecule has 2 aromatic rings. The maximum absolute atomic E-state index is 11.7. The third-order valence-corrected chi connectivity index (χ3v) is 3.33. The quantitative estimate of drug-likeness (QED) is 0.856. The number of aromatic nitrogens is 1. The molecule has 0 spiro atoms. The molecule has 0 saturated heterocycles. The van der Waals surface area contributed by atoms with Crippen LogP contribution in [0.4, 0.5) is 0 Å². The smallest absolute Gasteiger partial charge is 0.257 e. The summed E-state index contributed by atoms with van der Waals surface area (Å²) in [6, 6.07) is 7.05. The highest BCUT2D eigenvalue weighted by Gasteiger charge is 2.09. The van der Waals surface area contributed by atoms with Gasteiger partial charge in [0.25, 0.3) is 5.91 Å². The van der Waals surface area contributed by atoms with E-state index in [0.717, 1.165) is 5.39 Å². The van der Waals surface area contributed by atoms with Crippen LogP contribution in [0.15, 0.2) is 30.5 Å². The van der Waals surface area contributed by atoms with Crippen LogP contribution in [-0.2, 0) is 4.79 Å². The molecule has 0 aliphatic heterocycles. The summed E-state index contributed by atoms with van der Waals surface area (Å²) in [6.07, 6.45) is 1.65. The third kappa shape index (κ3) is 4.06. The van der Waals surface area contributed by atoms with Gasteiger partial charge in [-0.15, -0.1) is 0 Å². The minimum Gasteiger partial charge on any atom is -0.481 e. The first-order valence-corrected chi connectivity index (χ1v) is 7.03. The molecular weight excluding hydrogens is 292 g/mol. The number of carbonyl (C=O) groups excluding carboxylic acids is 1. The fraction of sp³-hybridized carbons (Fsp3) is 0.333. The number of pyridine rings is 1. The predicted octanol–water partition coefficient (Wildman–Crippen LogP) is 2.01. The van der Waals surface area contributed by atoms with Crippen LogP contribution in [0, 0.1) is 5.92 Å². The summed E-state index contributed by atoms with van der Waals surface area (Å²) >= 11 is 6.09. The van der Waals surface area contributed by atoms with Crippen molar-refractivity contribution in [3.05, 3.63) is 35.5 Å². The van der Waals surface area contributed by atoms with Crippen LogP contribution >= 0.6 is 11.6 Å². The molecule has 2 N–H and O–H groups in total. The van der Waals surface area contributed by atoms with Crippen LogP contribution in [0.1, 0.15) is 6.92 Å². The number of hydrogen-bond donors (Lipinski definition) is 2. The molecule has 0 saturated carbocycles. The Labute approximate surface area is 127 Å². The van der Waals surface area contributed by atoms with Gasteiger partial charge in [0.1, 0.15) is 11.3 Å². The van der Waals surface area contributed by atoms with Crippen molar-refractivity contribution >= 4 is 28.4 Å². The first-order chi connectivity index (χ1) is 10.1. The predicted molar refractivity (Wildman–Crippen MR) is 81.5 cm³/mol. The van der Waals surface area contributed by atoms with Crippen molar-refractivity contribution in [2.75, 3.05) is 19.8 Å². The monoisotopic (exact) mass is 308 g/mol. The molecule has 0 aliphatic carbocycles. The Morgan fingerprint density at radius 3 is 3.05 bits per heavy atom. The van der Waals surface area contributed by atoms with Gasteiger partial charge < -0.3 is 15.2 Å². The van der Waals surface area contributed by atoms with E-state index in [-0.39, 0.29) is 25.0 Å². The number of hydrogen-bond acceptors (Lipinski definition) is 4. The molecule has 1 aromatic heterocycles. The maximum Gasteiger partial charge on any atom is 0.257 e. The Kier molecular flexibility index (Phi) is 5.36. The highest BCUT2D eigenvalue weighted by Crippen LogP contribution is 2.29. The van der Waals surface area contributed by atoms with Crippen molar-refractivity contribution in [2.45, 2.75) is 6.92 Å². The van der Waals surface area contributed by atoms with Gasteiger partial charge in [0.2, 0.25) is 0 Å². The van der Waals surface area contributed by atoms with Crippen molar-refractivity contribution in [3.8, 4) is 5.75 Å². The second kappa shape index (κ2) is 7.24. The number of carbonyl (C=O) groups is 1. The van der Waals surface area contributed by atoms with E-state index in [1.165, 1.54) is 0 Å². The van der Waals surface area contributed by atoms with Gasteiger partial charge in [-0.3, -0.25) is 9.78 Å². The lowest BCUT2D eigenvalue weighted by atomic mass is 10.2. The zero-order valence-corrected chi connectivity index (χ0v) is 12.4. The lowest BCUT2D eigenvalue weighted by Crippen LogP contribution is -2.33. The maximum atomic E-state index is 11.7. The summed E-state index contributed by atoms with van der Waals surface area (Å²) in [7, 11) is 0. The summed E-state index contributed by atoms with van der Waals surface area (Å²) in [6.45, 7) is 2.19. The average molecular weight is 309 g/mol. The van der Waals surface area contributed by atoms with E-state index in [0.29, 0.717) is 22.8 Å². The largest absolute Gasteiger partial charge is 0.481 e. The second-order valence-electron chi connectivity index (χ2n) is 4.83. The number of halogens is 1. The van der Waals surface area contributed by atoms with Crippen molar-refractivity contribution < 1.29 is 14.6 Å². The summed E-state index contributed by atoms with van der Waals surface area (Å²) in [5.41, 5.74) is 0.626. The standard InChI is InChI=1S/C15H17ClN2O3/c1-10(8-19)7-18-14(20)9-21-13-5-4-12(16)11-3-2-6-17-15(11)13/h2-6,10,19H,7-9H2,1H3,(H,18,20). The summed E-state index contributed by atoms with van der Waals surface area (Å²) in [5.74, 6) is 0.293. The van der Waals surface area contributed by atoms with Gasteiger partial charge in [-0.2, -0.15) is 0 Å². The molecular formula is C15H17ClN2O3. The minimum absolute atomic E-state index is 0.0204. The van der Waals surface area contributed by atoms with Gasteiger partial charge >= 0.3 is 0 Å². The van der Waals surface area contributed by atoms with Gasteiger partial charge in [0, 0.05) is 24.7 Å². The molecule has 5 nitrogen and oxygen atoms in total. The van der Waals surface area contributed by atoms with E-state index >= 15 is 0 Å². The van der Waals surface area contributed by atoms with Crippen molar-refractivity contribution in [1.29, 1.82) is 0 Å². The zero-order valence-electron chi connectivity index (χ0n) is 11.7. The fourth-order valence-electron chi connectivity index (χ4n) is 1.78. The van der Waals surface area contributed by atoms with Crippen LogP contribution in [-0.4, -0.2) is 35.8 Å². The lowest BCUT2D eigenvalue weighted by Gasteiger charge is -2.11. The number of nitrogens with one attached hydrogen (secondary N) is 1. The van der Waals surface area contributed by atoms with Gasteiger partial charge in [0.05, 0.1) is 5.02 Å². The number of aliphatic hydroxyl groups is 1. The Morgan fingerprint density at radius 2 is 2.29 bits per heavy atom. The SMILES string of the molecule is CC(CO)CNC(=O)COc1ccc(Cl)c2cccnc12. The van der Waals surface area contributed by atoms with Crippen LogP contribution in [0.2, 0.25) is 5.02 Å². The normalized spacial score (nSPS) is 12.1. The second-order valence-corrected chi connectivity index (χ2v) is 5.23. The Morgan fingerprint density at radius 1 is 1.48 bits per heavy atom. The lowest BCUT2D eigenvalue weighted by molar-refractivity contribution is -0.123. The summed E-state index contributed by atoms with van der Waals surface area (Å²) in [5, 5.41) is 13.0. The first kappa shape index (κ1) is 15.5. The van der Waals surface area contributed by atoms with Crippen molar-refractivity contribution in [3.63, 3.8) is 0 Å². The van der Waals surface area contributed by atoms with Gasteiger partial charge in [-0.1, -0.05) is 18.5 Å². The molecule has 0 fully saturated rings. The number of nitrogens with zero attached hydrogens (tertiary/aromatic N) is 1. The third-order valence-electron chi connectivity index (χ3n) is 3.00. The Balaban J connectivity index is 2.01. The van der Waals surface area contributed by atoms with Crippen molar-refractivity contribution in [2.24, 2.45) is 5.92 Å². The number of amides is 1. The van der Waals surface area contributed by atoms with E-state index in [1.807, 2.05) is 13.0 Å². The molecule has 0 radical (unpaired) electrons.